The molecule has 0 radical (unpaired) electrons. The van der Waals surface area contributed by atoms with Crippen LogP contribution in [0.2, 0.25) is 0 Å². The average molecular weight is 348 g/mol. The van der Waals surface area contributed by atoms with Crippen LogP contribution in [0.3, 0.4) is 0 Å². The maximum Gasteiger partial charge on any atom is 0.226 e. The largest absolute Gasteiger partial charge is 0.326 e. The molecule has 2 aromatic rings. The Kier molecular flexibility index (Phi) is 5.52. The lowest BCUT2D eigenvalue weighted by Crippen LogP contribution is -2.33. The molecule has 4 heteroatoms. The summed E-state index contributed by atoms with van der Waals surface area (Å²) >= 11 is 0. The van der Waals surface area contributed by atoms with Gasteiger partial charge in [0.05, 0.1) is 12.5 Å². The number of nitrogens with zero attached hydrogens (tertiary/aromatic N) is 1. The quantitative estimate of drug-likeness (QED) is 0.862. The van der Waals surface area contributed by atoms with E-state index in [9.17, 15) is 9.59 Å². The number of rotatable bonds is 5. The van der Waals surface area contributed by atoms with Crippen molar-refractivity contribution in [3.8, 4) is 0 Å². The third-order valence-corrected chi connectivity index (χ3v) is 4.66. The molecule has 1 N–H and O–H groups in total. The van der Waals surface area contributed by atoms with Crippen LogP contribution in [0, 0.1) is 0 Å². The molecule has 1 heterocycles. The number of amides is 2. The summed E-state index contributed by atoms with van der Waals surface area (Å²) in [5.74, 6) is -0.158. The number of aryl methyl sites for hydroxylation is 1. The summed E-state index contributed by atoms with van der Waals surface area (Å²) in [4.78, 5) is 26.4. The number of hydrogen-bond acceptors (Lipinski definition) is 2. The first kappa shape index (κ1) is 17.9. The lowest BCUT2D eigenvalue weighted by molar-refractivity contribution is -0.129. The number of fused-ring (bicyclic) bond motifs is 1. The normalized spacial score (nSPS) is 15.5. The van der Waals surface area contributed by atoms with Crippen molar-refractivity contribution in [2.75, 3.05) is 5.32 Å². The van der Waals surface area contributed by atoms with Crippen LogP contribution in [0.25, 0.3) is 6.08 Å². The van der Waals surface area contributed by atoms with Crippen molar-refractivity contribution in [3.63, 3.8) is 0 Å². The number of anilines is 1. The Balaban J connectivity index is 1.81. The Morgan fingerprint density at radius 1 is 1.08 bits per heavy atom. The van der Waals surface area contributed by atoms with Crippen LogP contribution >= 0.6 is 0 Å². The second-order valence-electron chi connectivity index (χ2n) is 6.55. The van der Waals surface area contributed by atoms with Gasteiger partial charge in [0.15, 0.2) is 0 Å². The molecule has 0 saturated carbocycles. The van der Waals surface area contributed by atoms with Gasteiger partial charge in [0.2, 0.25) is 11.8 Å². The summed E-state index contributed by atoms with van der Waals surface area (Å²) in [6.07, 6.45) is 5.85. The van der Waals surface area contributed by atoms with Gasteiger partial charge in [-0.05, 0) is 35.3 Å². The average Bonchev–Trinajstić information content (AvgIpc) is 2.63. The highest BCUT2D eigenvalue weighted by atomic mass is 16.2. The Morgan fingerprint density at radius 3 is 2.58 bits per heavy atom. The first-order chi connectivity index (χ1) is 12.6. The third-order valence-electron chi connectivity index (χ3n) is 4.66. The predicted octanol–water partition coefficient (Wildman–Crippen LogP) is 4.54. The molecule has 2 aromatic carbocycles. The SMILES string of the molecule is CCCc1ccccc1NC(=O)C[C@H]1c2ccccc2C=CN1C(C)=O. The van der Waals surface area contributed by atoms with Crippen LogP contribution in [0.15, 0.2) is 54.7 Å². The summed E-state index contributed by atoms with van der Waals surface area (Å²) in [5.41, 5.74) is 4.04. The number of para-hydroxylation sites is 1. The van der Waals surface area contributed by atoms with Gasteiger partial charge in [-0.3, -0.25) is 9.59 Å². The molecular formula is C22H24N2O2. The lowest BCUT2D eigenvalue weighted by Gasteiger charge is -2.32. The van der Waals surface area contributed by atoms with Gasteiger partial charge in [0.1, 0.15) is 0 Å². The van der Waals surface area contributed by atoms with E-state index in [4.69, 9.17) is 0 Å². The summed E-state index contributed by atoms with van der Waals surface area (Å²) < 4.78 is 0. The van der Waals surface area contributed by atoms with Crippen molar-refractivity contribution in [2.24, 2.45) is 0 Å². The van der Waals surface area contributed by atoms with E-state index >= 15 is 0 Å². The zero-order valence-corrected chi connectivity index (χ0v) is 15.2. The second-order valence-corrected chi connectivity index (χ2v) is 6.55. The first-order valence-corrected chi connectivity index (χ1v) is 9.04. The van der Waals surface area contributed by atoms with E-state index in [2.05, 4.69) is 12.2 Å². The van der Waals surface area contributed by atoms with Gasteiger partial charge in [0, 0.05) is 18.8 Å². The monoisotopic (exact) mass is 348 g/mol. The zero-order valence-electron chi connectivity index (χ0n) is 15.2. The summed E-state index contributed by atoms with van der Waals surface area (Å²) in [6, 6.07) is 15.5. The van der Waals surface area contributed by atoms with Crippen LogP contribution in [0.5, 0.6) is 0 Å². The van der Waals surface area contributed by atoms with Crippen molar-refractivity contribution in [3.05, 3.63) is 71.4 Å². The van der Waals surface area contributed by atoms with Gasteiger partial charge in [-0.15, -0.1) is 0 Å². The molecular weight excluding hydrogens is 324 g/mol. The van der Waals surface area contributed by atoms with Crippen LogP contribution in [0.1, 0.15) is 49.4 Å². The molecule has 0 fully saturated rings. The van der Waals surface area contributed by atoms with E-state index in [1.807, 2.05) is 54.6 Å². The van der Waals surface area contributed by atoms with Gasteiger partial charge in [-0.2, -0.15) is 0 Å². The number of benzene rings is 2. The molecule has 3 rings (SSSR count). The minimum atomic E-state index is -0.285. The van der Waals surface area contributed by atoms with Gasteiger partial charge in [-0.1, -0.05) is 55.8 Å². The maximum atomic E-state index is 12.7. The molecule has 0 spiro atoms. The highest BCUT2D eigenvalue weighted by Crippen LogP contribution is 2.33. The molecule has 1 atom stereocenters. The zero-order chi connectivity index (χ0) is 18.5. The Labute approximate surface area is 154 Å². The molecule has 2 amide bonds. The molecule has 0 aromatic heterocycles. The van der Waals surface area contributed by atoms with Crippen LogP contribution in [-0.4, -0.2) is 16.7 Å². The summed E-state index contributed by atoms with van der Waals surface area (Å²) in [7, 11) is 0. The van der Waals surface area contributed by atoms with Gasteiger partial charge in [0.25, 0.3) is 0 Å². The molecule has 0 saturated heterocycles. The molecule has 134 valence electrons. The second kappa shape index (κ2) is 8.00. The van der Waals surface area contributed by atoms with E-state index in [1.165, 1.54) is 6.92 Å². The number of carbonyl (C=O) groups excluding carboxylic acids is 2. The Bertz CT molecular complexity index is 842. The molecule has 26 heavy (non-hydrogen) atoms. The van der Waals surface area contributed by atoms with Crippen LogP contribution in [0.4, 0.5) is 5.69 Å². The molecule has 0 bridgehead atoms. The minimum Gasteiger partial charge on any atom is -0.326 e. The van der Waals surface area contributed by atoms with Crippen molar-refractivity contribution in [1.29, 1.82) is 0 Å². The van der Waals surface area contributed by atoms with E-state index in [0.29, 0.717) is 0 Å². The Hall–Kier alpha value is -2.88. The number of hydrogen-bond donors (Lipinski definition) is 1. The number of carbonyl (C=O) groups is 2. The maximum absolute atomic E-state index is 12.7. The topological polar surface area (TPSA) is 49.4 Å². The first-order valence-electron chi connectivity index (χ1n) is 9.04. The number of nitrogens with one attached hydrogen (secondary N) is 1. The fourth-order valence-corrected chi connectivity index (χ4v) is 3.42. The van der Waals surface area contributed by atoms with Gasteiger partial charge in [-0.25, -0.2) is 0 Å². The minimum absolute atomic E-state index is 0.0695. The molecule has 1 aliphatic rings. The molecule has 0 aliphatic carbocycles. The van der Waals surface area contributed by atoms with Crippen LogP contribution in [-0.2, 0) is 16.0 Å². The van der Waals surface area contributed by atoms with Crippen LogP contribution < -0.4 is 5.32 Å². The standard InChI is InChI=1S/C22H24N2O2/c1-3-8-18-10-5-7-12-20(18)23-22(26)15-21-19-11-6-4-9-17(19)13-14-24(21)16(2)25/h4-7,9-14,21H,3,8,15H2,1-2H3,(H,23,26)/t21-/m0/s1. The van der Waals surface area contributed by atoms with Crippen molar-refractivity contribution < 1.29 is 9.59 Å². The van der Waals surface area contributed by atoms with Crippen molar-refractivity contribution in [2.45, 2.75) is 39.2 Å². The molecule has 4 nitrogen and oxygen atoms in total. The highest BCUT2D eigenvalue weighted by molar-refractivity contribution is 5.92. The smallest absolute Gasteiger partial charge is 0.226 e. The third kappa shape index (κ3) is 3.85. The lowest BCUT2D eigenvalue weighted by atomic mass is 9.93. The van der Waals surface area contributed by atoms with Gasteiger partial charge < -0.3 is 10.2 Å². The van der Waals surface area contributed by atoms with E-state index in [0.717, 1.165) is 35.2 Å². The van der Waals surface area contributed by atoms with E-state index < -0.39 is 0 Å². The Morgan fingerprint density at radius 2 is 1.81 bits per heavy atom. The van der Waals surface area contributed by atoms with Crippen molar-refractivity contribution in [1.82, 2.24) is 4.90 Å². The van der Waals surface area contributed by atoms with E-state index in [-0.39, 0.29) is 24.3 Å². The fourth-order valence-electron chi connectivity index (χ4n) is 3.42. The van der Waals surface area contributed by atoms with E-state index in [1.54, 1.807) is 11.1 Å². The fraction of sp³-hybridized carbons (Fsp3) is 0.273. The van der Waals surface area contributed by atoms with Crippen molar-refractivity contribution >= 4 is 23.6 Å². The summed E-state index contributed by atoms with van der Waals surface area (Å²) in [5, 5.41) is 3.03. The predicted molar refractivity (Wildman–Crippen MR) is 104 cm³/mol. The summed E-state index contributed by atoms with van der Waals surface area (Å²) in [6.45, 7) is 3.65. The van der Waals surface area contributed by atoms with Gasteiger partial charge >= 0.3 is 0 Å². The molecule has 0 unspecified atom stereocenters. The highest BCUT2D eigenvalue weighted by Gasteiger charge is 2.28. The molecule has 1 aliphatic heterocycles.